The highest BCUT2D eigenvalue weighted by Crippen LogP contribution is 2.25. The summed E-state index contributed by atoms with van der Waals surface area (Å²) in [5.74, 6) is 0.739. The van der Waals surface area contributed by atoms with E-state index in [0.29, 0.717) is 29.6 Å². The van der Waals surface area contributed by atoms with E-state index in [1.54, 1.807) is 21.7 Å². The van der Waals surface area contributed by atoms with Crippen LogP contribution in [0, 0.1) is 0 Å². The van der Waals surface area contributed by atoms with Gasteiger partial charge in [0.1, 0.15) is 0 Å². The quantitative estimate of drug-likeness (QED) is 0.425. The molecule has 2 aromatic carbocycles. The summed E-state index contributed by atoms with van der Waals surface area (Å²) in [6.45, 7) is 5.00. The lowest BCUT2D eigenvalue weighted by Crippen LogP contribution is -2.23. The second-order valence-corrected chi connectivity index (χ2v) is 8.47. The minimum atomic E-state index is -0.0294. The first-order valence-electron chi connectivity index (χ1n) is 9.98. The van der Waals surface area contributed by atoms with Crippen LogP contribution in [0.3, 0.4) is 0 Å². The number of ketones is 1. The van der Waals surface area contributed by atoms with Crippen molar-refractivity contribution < 1.29 is 9.59 Å². The van der Waals surface area contributed by atoms with E-state index in [2.05, 4.69) is 41.5 Å². The maximum Gasteiger partial charge on any atom is 0.227 e. The Kier molecular flexibility index (Phi) is 5.94. The lowest BCUT2D eigenvalue weighted by atomic mass is 10.0. The second-order valence-electron chi connectivity index (χ2n) is 7.53. The van der Waals surface area contributed by atoms with Crippen LogP contribution in [-0.4, -0.2) is 44.2 Å². The number of carbonyl (C=O) groups is 2. The Hall–Kier alpha value is -3.00. The number of anilines is 1. The minimum Gasteiger partial charge on any atom is -0.312 e. The third-order valence-corrected chi connectivity index (χ3v) is 6.05. The summed E-state index contributed by atoms with van der Waals surface area (Å²) in [5, 5.41) is 12.5. The van der Waals surface area contributed by atoms with Gasteiger partial charge in [0.05, 0.1) is 11.4 Å². The molecule has 0 radical (unpaired) electrons. The molecule has 4 rings (SSSR count). The van der Waals surface area contributed by atoms with E-state index < -0.39 is 0 Å². The highest BCUT2D eigenvalue weighted by molar-refractivity contribution is 7.99. The average molecular weight is 422 g/mol. The van der Waals surface area contributed by atoms with E-state index in [-0.39, 0.29) is 17.4 Å². The van der Waals surface area contributed by atoms with Crippen LogP contribution in [0.25, 0.3) is 5.69 Å². The topological polar surface area (TPSA) is 81.0 Å². The van der Waals surface area contributed by atoms with Gasteiger partial charge >= 0.3 is 0 Å². The lowest BCUT2D eigenvalue weighted by Gasteiger charge is -2.16. The number of amides is 1. The smallest absolute Gasteiger partial charge is 0.227 e. The average Bonchev–Trinajstić information content (AvgIpc) is 3.41. The van der Waals surface area contributed by atoms with Gasteiger partial charge in [-0.2, -0.15) is 4.68 Å². The Morgan fingerprint density at radius 1 is 1.13 bits per heavy atom. The van der Waals surface area contributed by atoms with Crippen LogP contribution in [0.1, 0.15) is 48.5 Å². The Labute approximate surface area is 179 Å². The number of tetrazole rings is 1. The third kappa shape index (κ3) is 4.28. The zero-order chi connectivity index (χ0) is 21.1. The molecule has 0 spiro atoms. The SMILES string of the molecule is CC(C)c1ccc(-n2nnnc2SCC(=O)c2cccc(N3CCCC3=O)c2)cc1. The number of hydrogen-bond donors (Lipinski definition) is 0. The minimum absolute atomic E-state index is 0.0294. The molecule has 0 atom stereocenters. The molecule has 8 heteroatoms. The van der Waals surface area contributed by atoms with Gasteiger partial charge < -0.3 is 4.90 Å². The molecule has 1 aromatic heterocycles. The van der Waals surface area contributed by atoms with Gasteiger partial charge in [0.2, 0.25) is 11.1 Å². The number of rotatable bonds is 7. The molecule has 0 saturated carbocycles. The molecule has 1 fully saturated rings. The van der Waals surface area contributed by atoms with Gasteiger partial charge in [0.25, 0.3) is 0 Å². The maximum atomic E-state index is 12.8. The van der Waals surface area contributed by atoms with Gasteiger partial charge in [-0.15, -0.1) is 5.10 Å². The number of hydrogen-bond acceptors (Lipinski definition) is 6. The predicted molar refractivity (Wildman–Crippen MR) is 116 cm³/mol. The molecule has 1 aliphatic rings. The number of carbonyl (C=O) groups excluding carboxylic acids is 2. The van der Waals surface area contributed by atoms with Crippen molar-refractivity contribution in [2.75, 3.05) is 17.2 Å². The fourth-order valence-electron chi connectivity index (χ4n) is 3.41. The van der Waals surface area contributed by atoms with Crippen molar-refractivity contribution >= 4 is 29.1 Å². The summed E-state index contributed by atoms with van der Waals surface area (Å²) in [7, 11) is 0. The number of benzene rings is 2. The van der Waals surface area contributed by atoms with Crippen molar-refractivity contribution in [3.8, 4) is 5.69 Å². The molecule has 30 heavy (non-hydrogen) atoms. The molecule has 1 saturated heterocycles. The summed E-state index contributed by atoms with van der Waals surface area (Å²) in [4.78, 5) is 26.5. The van der Waals surface area contributed by atoms with Gasteiger partial charge in [-0.3, -0.25) is 9.59 Å². The Balaban J connectivity index is 1.45. The number of nitrogens with zero attached hydrogens (tertiary/aromatic N) is 5. The van der Waals surface area contributed by atoms with Crippen molar-refractivity contribution in [1.82, 2.24) is 20.2 Å². The molecule has 0 bridgehead atoms. The van der Waals surface area contributed by atoms with Crippen LogP contribution >= 0.6 is 11.8 Å². The predicted octanol–water partition coefficient (Wildman–Crippen LogP) is 3.89. The monoisotopic (exact) mass is 421 g/mol. The van der Waals surface area contributed by atoms with Crippen molar-refractivity contribution in [2.24, 2.45) is 0 Å². The molecule has 0 unspecified atom stereocenters. The van der Waals surface area contributed by atoms with Crippen LogP contribution in [0.2, 0.25) is 0 Å². The molecule has 3 aromatic rings. The summed E-state index contributed by atoms with van der Waals surface area (Å²) in [6.07, 6.45) is 1.42. The Bertz CT molecular complexity index is 1060. The van der Waals surface area contributed by atoms with Crippen molar-refractivity contribution in [3.63, 3.8) is 0 Å². The van der Waals surface area contributed by atoms with E-state index in [1.807, 2.05) is 24.3 Å². The van der Waals surface area contributed by atoms with Crippen LogP contribution in [-0.2, 0) is 4.79 Å². The molecule has 2 heterocycles. The molecule has 0 aliphatic carbocycles. The summed E-state index contributed by atoms with van der Waals surface area (Å²) in [6, 6.07) is 15.3. The molecule has 7 nitrogen and oxygen atoms in total. The van der Waals surface area contributed by atoms with Crippen molar-refractivity contribution in [3.05, 3.63) is 59.7 Å². The van der Waals surface area contributed by atoms with Crippen LogP contribution in [0.5, 0.6) is 0 Å². The van der Waals surface area contributed by atoms with Crippen LogP contribution < -0.4 is 4.90 Å². The van der Waals surface area contributed by atoms with E-state index in [4.69, 9.17) is 0 Å². The first kappa shape index (κ1) is 20.3. The van der Waals surface area contributed by atoms with Gasteiger partial charge in [-0.1, -0.05) is 49.9 Å². The molecular formula is C22H23N5O2S. The van der Waals surface area contributed by atoms with E-state index >= 15 is 0 Å². The van der Waals surface area contributed by atoms with Crippen molar-refractivity contribution in [1.29, 1.82) is 0 Å². The van der Waals surface area contributed by atoms with Gasteiger partial charge in [-0.25, -0.2) is 0 Å². The molecule has 1 amide bonds. The van der Waals surface area contributed by atoms with Crippen molar-refractivity contribution in [2.45, 2.75) is 37.8 Å². The van der Waals surface area contributed by atoms with Crippen LogP contribution in [0.4, 0.5) is 5.69 Å². The van der Waals surface area contributed by atoms with Gasteiger partial charge in [-0.05, 0) is 52.6 Å². The van der Waals surface area contributed by atoms with E-state index in [0.717, 1.165) is 17.8 Å². The maximum absolute atomic E-state index is 12.8. The van der Waals surface area contributed by atoms with E-state index in [9.17, 15) is 9.59 Å². The number of Topliss-reactive ketones (excluding diaryl/α,β-unsaturated/α-hetero) is 1. The van der Waals surface area contributed by atoms with Gasteiger partial charge in [0, 0.05) is 24.2 Å². The normalized spacial score (nSPS) is 14.0. The summed E-state index contributed by atoms with van der Waals surface area (Å²) >= 11 is 1.30. The molecule has 154 valence electrons. The van der Waals surface area contributed by atoms with Gasteiger partial charge in [0.15, 0.2) is 5.78 Å². The highest BCUT2D eigenvalue weighted by atomic mass is 32.2. The summed E-state index contributed by atoms with van der Waals surface area (Å²) < 4.78 is 1.64. The lowest BCUT2D eigenvalue weighted by molar-refractivity contribution is -0.117. The first-order valence-corrected chi connectivity index (χ1v) is 11.0. The fourth-order valence-corrected chi connectivity index (χ4v) is 4.20. The third-order valence-electron chi connectivity index (χ3n) is 5.13. The number of aromatic nitrogens is 4. The second kappa shape index (κ2) is 8.79. The fraction of sp³-hybridized carbons (Fsp3) is 0.318. The summed E-state index contributed by atoms with van der Waals surface area (Å²) in [5.41, 5.74) is 3.46. The highest BCUT2D eigenvalue weighted by Gasteiger charge is 2.22. The zero-order valence-electron chi connectivity index (χ0n) is 17.0. The van der Waals surface area contributed by atoms with E-state index in [1.165, 1.54) is 17.3 Å². The molecule has 1 aliphatic heterocycles. The number of thioether (sulfide) groups is 1. The molecule has 0 N–H and O–H groups in total. The van der Waals surface area contributed by atoms with Crippen LogP contribution in [0.15, 0.2) is 53.7 Å². The Morgan fingerprint density at radius 2 is 1.93 bits per heavy atom. The Morgan fingerprint density at radius 3 is 2.63 bits per heavy atom. The standard InChI is InChI=1S/C22H23N5O2S/c1-15(2)16-8-10-18(11-9-16)27-22(23-24-25-27)30-14-20(28)17-5-3-6-19(13-17)26-12-4-7-21(26)29/h3,5-6,8-11,13,15H,4,7,12,14H2,1-2H3. The largest absolute Gasteiger partial charge is 0.312 e. The zero-order valence-corrected chi connectivity index (χ0v) is 17.8. The first-order chi connectivity index (χ1) is 14.5. The molecular weight excluding hydrogens is 398 g/mol.